The first kappa shape index (κ1) is 10.9. The lowest BCUT2D eigenvalue weighted by Gasteiger charge is -1.75. The Hall–Kier alpha value is -1.14. The maximum absolute atomic E-state index is 3.02. The zero-order valence-corrected chi connectivity index (χ0v) is 7.98. The molecule has 0 nitrogen and oxygen atoms in total. The first-order valence-electron chi connectivity index (χ1n) is 4.53. The summed E-state index contributed by atoms with van der Waals surface area (Å²) in [7, 11) is 0. The summed E-state index contributed by atoms with van der Waals surface area (Å²) in [4.78, 5) is 0. The highest BCUT2D eigenvalue weighted by Crippen LogP contribution is 1.82. The Labute approximate surface area is 76.1 Å². The topological polar surface area (TPSA) is 0 Å². The summed E-state index contributed by atoms with van der Waals surface area (Å²) in [5, 5.41) is 0. The van der Waals surface area contributed by atoms with Gasteiger partial charge in [-0.3, -0.25) is 0 Å². The normalized spacial score (nSPS) is 8.50. The van der Waals surface area contributed by atoms with E-state index in [4.69, 9.17) is 0 Å². The van der Waals surface area contributed by atoms with E-state index in [0.717, 1.165) is 25.7 Å². The number of unbranched alkanes of at least 4 members (excludes halogenated alkanes) is 2. The van der Waals surface area contributed by atoms with Gasteiger partial charge in [0, 0.05) is 12.8 Å². The van der Waals surface area contributed by atoms with E-state index in [2.05, 4.69) is 37.5 Å². The van der Waals surface area contributed by atoms with Crippen molar-refractivity contribution >= 4 is 0 Å². The molecule has 64 valence electrons. The molecule has 0 aliphatic heterocycles. The molecular formula is C12H16. The van der Waals surface area contributed by atoms with Gasteiger partial charge < -0.3 is 0 Å². The Morgan fingerprint density at radius 1 is 0.833 bits per heavy atom. The third-order valence-corrected chi connectivity index (χ3v) is 1.20. The molecule has 0 amide bonds. The molecular weight excluding hydrogens is 144 g/mol. The molecule has 0 aromatic heterocycles. The molecule has 0 atom stereocenters. The summed E-state index contributed by atoms with van der Waals surface area (Å²) >= 11 is 0. The van der Waals surface area contributed by atoms with Gasteiger partial charge in [0.25, 0.3) is 0 Å². The third kappa shape index (κ3) is 8.86. The van der Waals surface area contributed by atoms with Crippen molar-refractivity contribution in [3.05, 3.63) is 12.2 Å². The second-order valence-electron chi connectivity index (χ2n) is 2.48. The van der Waals surface area contributed by atoms with Gasteiger partial charge in [-0.1, -0.05) is 37.5 Å². The van der Waals surface area contributed by atoms with Crippen molar-refractivity contribution in [2.24, 2.45) is 0 Å². The highest BCUT2D eigenvalue weighted by molar-refractivity contribution is 5.24. The van der Waals surface area contributed by atoms with E-state index in [1.165, 1.54) is 0 Å². The lowest BCUT2D eigenvalue weighted by Crippen LogP contribution is -1.61. The molecule has 0 bridgehead atoms. The first-order chi connectivity index (χ1) is 5.91. The average molecular weight is 160 g/mol. The molecule has 0 radical (unpaired) electrons. The van der Waals surface area contributed by atoms with Gasteiger partial charge in [0.2, 0.25) is 0 Å². The molecule has 0 aliphatic carbocycles. The quantitative estimate of drug-likeness (QED) is 0.544. The van der Waals surface area contributed by atoms with E-state index in [-0.39, 0.29) is 0 Å². The number of allylic oxidation sites excluding steroid dienone is 2. The van der Waals surface area contributed by atoms with Crippen LogP contribution in [0.25, 0.3) is 0 Å². The molecule has 0 saturated carbocycles. The highest BCUT2D eigenvalue weighted by Gasteiger charge is 1.67. The summed E-state index contributed by atoms with van der Waals surface area (Å²) in [5.41, 5.74) is 0. The van der Waals surface area contributed by atoms with E-state index in [9.17, 15) is 0 Å². The minimum absolute atomic E-state index is 0.979. The van der Waals surface area contributed by atoms with E-state index in [0.29, 0.717) is 0 Å². The fourth-order valence-corrected chi connectivity index (χ4v) is 0.596. The summed E-state index contributed by atoms with van der Waals surface area (Å²) in [6.07, 6.45) is 7.85. The van der Waals surface area contributed by atoms with Gasteiger partial charge in [0.05, 0.1) is 0 Å². The van der Waals surface area contributed by atoms with Gasteiger partial charge in [-0.15, -0.1) is 0 Å². The molecule has 0 aromatic rings. The lowest BCUT2D eigenvalue weighted by atomic mass is 10.3. The lowest BCUT2D eigenvalue weighted by molar-refractivity contribution is 0.983. The average Bonchev–Trinajstić information content (AvgIpc) is 2.10. The molecule has 12 heavy (non-hydrogen) atoms. The molecule has 0 saturated heterocycles. The van der Waals surface area contributed by atoms with Crippen LogP contribution < -0.4 is 0 Å². The molecule has 0 heteroatoms. The molecule has 0 fully saturated rings. The standard InChI is InChI=1S/C12H16/c1-3-5-7-9-11-12-10-8-6-4-2/h11-12H,3-6H2,1-2H3/b12-11-. The minimum atomic E-state index is 0.979. The Morgan fingerprint density at radius 3 is 1.58 bits per heavy atom. The zero-order valence-electron chi connectivity index (χ0n) is 7.98. The van der Waals surface area contributed by atoms with Crippen molar-refractivity contribution in [2.75, 3.05) is 0 Å². The van der Waals surface area contributed by atoms with Crippen molar-refractivity contribution in [3.63, 3.8) is 0 Å². The van der Waals surface area contributed by atoms with E-state index >= 15 is 0 Å². The molecule has 0 aromatic carbocycles. The molecule has 0 heterocycles. The predicted molar refractivity (Wildman–Crippen MR) is 54.5 cm³/mol. The van der Waals surface area contributed by atoms with Gasteiger partial charge in [-0.05, 0) is 25.0 Å². The van der Waals surface area contributed by atoms with Crippen LogP contribution in [0, 0.1) is 23.7 Å². The molecule has 0 unspecified atom stereocenters. The van der Waals surface area contributed by atoms with Crippen molar-refractivity contribution < 1.29 is 0 Å². The van der Waals surface area contributed by atoms with Crippen molar-refractivity contribution in [2.45, 2.75) is 39.5 Å². The van der Waals surface area contributed by atoms with Crippen LogP contribution in [0.5, 0.6) is 0 Å². The Balaban J connectivity index is 3.52. The van der Waals surface area contributed by atoms with E-state index < -0.39 is 0 Å². The van der Waals surface area contributed by atoms with Crippen molar-refractivity contribution in [1.29, 1.82) is 0 Å². The smallest absolute Gasteiger partial charge is 0.00896 e. The van der Waals surface area contributed by atoms with Crippen LogP contribution in [0.4, 0.5) is 0 Å². The summed E-state index contributed by atoms with van der Waals surface area (Å²) in [6.45, 7) is 4.25. The second-order valence-corrected chi connectivity index (χ2v) is 2.48. The number of rotatable bonds is 2. The van der Waals surface area contributed by atoms with Crippen LogP contribution in [0.1, 0.15) is 39.5 Å². The predicted octanol–water partition coefficient (Wildman–Crippen LogP) is 3.15. The SMILES string of the molecule is CCCC#C/C=C\C#CCCC. The maximum atomic E-state index is 3.02. The first-order valence-corrected chi connectivity index (χ1v) is 4.53. The molecule has 0 spiro atoms. The van der Waals surface area contributed by atoms with Crippen molar-refractivity contribution in [1.82, 2.24) is 0 Å². The van der Waals surface area contributed by atoms with E-state index in [1.54, 1.807) is 0 Å². The van der Waals surface area contributed by atoms with Gasteiger partial charge in [0.15, 0.2) is 0 Å². The van der Waals surface area contributed by atoms with Crippen LogP contribution >= 0.6 is 0 Å². The fraction of sp³-hybridized carbons (Fsp3) is 0.500. The molecule has 0 aliphatic rings. The van der Waals surface area contributed by atoms with Crippen LogP contribution in [0.3, 0.4) is 0 Å². The monoisotopic (exact) mass is 160 g/mol. The third-order valence-electron chi connectivity index (χ3n) is 1.20. The Bertz CT molecular complexity index is 198. The van der Waals surface area contributed by atoms with Gasteiger partial charge in [0.1, 0.15) is 0 Å². The summed E-state index contributed by atoms with van der Waals surface area (Å²) in [5.74, 6) is 11.9. The summed E-state index contributed by atoms with van der Waals surface area (Å²) < 4.78 is 0. The van der Waals surface area contributed by atoms with E-state index in [1.807, 2.05) is 12.2 Å². The Kier molecular flexibility index (Phi) is 8.92. The van der Waals surface area contributed by atoms with Gasteiger partial charge in [-0.2, -0.15) is 0 Å². The summed E-state index contributed by atoms with van der Waals surface area (Å²) in [6, 6.07) is 0. The molecule has 0 N–H and O–H groups in total. The fourth-order valence-electron chi connectivity index (χ4n) is 0.596. The number of hydrogen-bond acceptors (Lipinski definition) is 0. The van der Waals surface area contributed by atoms with Crippen molar-refractivity contribution in [3.8, 4) is 23.7 Å². The Morgan fingerprint density at radius 2 is 1.25 bits per heavy atom. The minimum Gasteiger partial charge on any atom is -0.0985 e. The van der Waals surface area contributed by atoms with Crippen LogP contribution in [0.2, 0.25) is 0 Å². The maximum Gasteiger partial charge on any atom is 0.00896 e. The highest BCUT2D eigenvalue weighted by atomic mass is 13.7. The largest absolute Gasteiger partial charge is 0.0985 e. The van der Waals surface area contributed by atoms with Gasteiger partial charge in [-0.25, -0.2) is 0 Å². The van der Waals surface area contributed by atoms with Crippen LogP contribution in [-0.4, -0.2) is 0 Å². The zero-order chi connectivity index (χ0) is 9.07. The van der Waals surface area contributed by atoms with Crippen LogP contribution in [-0.2, 0) is 0 Å². The molecule has 0 rings (SSSR count). The second kappa shape index (κ2) is 9.86. The van der Waals surface area contributed by atoms with Gasteiger partial charge >= 0.3 is 0 Å². The number of hydrogen-bond donors (Lipinski definition) is 0. The van der Waals surface area contributed by atoms with Crippen LogP contribution in [0.15, 0.2) is 12.2 Å².